The van der Waals surface area contributed by atoms with Crippen LogP contribution in [0.5, 0.6) is 0 Å². The monoisotopic (exact) mass is 286 g/mol. The lowest BCUT2D eigenvalue weighted by atomic mass is 10.1. The van der Waals surface area contributed by atoms with Gasteiger partial charge in [-0.2, -0.15) is 0 Å². The van der Waals surface area contributed by atoms with Gasteiger partial charge in [0, 0.05) is 6.04 Å². The zero-order chi connectivity index (χ0) is 14.0. The number of fused-ring (bicyclic) bond motifs is 1. The minimum atomic E-state index is -0.846. The van der Waals surface area contributed by atoms with E-state index in [1.54, 1.807) is 4.57 Å². The quantitative estimate of drug-likeness (QED) is 0.722. The molecule has 1 aromatic heterocycles. The zero-order valence-corrected chi connectivity index (χ0v) is 11.8. The molecule has 2 nitrogen and oxygen atoms in total. The molecule has 0 aliphatic rings. The standard InChI is InChI=1S/C14H17ClF2N2/c1-3-5-9(4-2)19-12(8-15)18-11-7-6-10(16)13(17)14(11)19/h6-7,9H,3-5,8H2,1-2H3. The van der Waals surface area contributed by atoms with Gasteiger partial charge in [0.25, 0.3) is 0 Å². The van der Waals surface area contributed by atoms with Crippen molar-refractivity contribution in [3.8, 4) is 0 Å². The second-order valence-electron chi connectivity index (χ2n) is 4.61. The summed E-state index contributed by atoms with van der Waals surface area (Å²) >= 11 is 5.90. The number of benzene rings is 1. The fourth-order valence-corrected chi connectivity index (χ4v) is 2.70. The van der Waals surface area contributed by atoms with E-state index in [-0.39, 0.29) is 17.4 Å². The smallest absolute Gasteiger partial charge is 0.184 e. The van der Waals surface area contributed by atoms with Crippen molar-refractivity contribution in [2.45, 2.75) is 45.0 Å². The van der Waals surface area contributed by atoms with Gasteiger partial charge in [-0.15, -0.1) is 11.6 Å². The van der Waals surface area contributed by atoms with Crippen molar-refractivity contribution in [1.82, 2.24) is 9.55 Å². The summed E-state index contributed by atoms with van der Waals surface area (Å²) in [6.07, 6.45) is 2.69. The van der Waals surface area contributed by atoms with Crippen molar-refractivity contribution in [2.75, 3.05) is 0 Å². The van der Waals surface area contributed by atoms with Crippen LogP contribution in [0.1, 0.15) is 45.0 Å². The number of hydrogen-bond donors (Lipinski definition) is 0. The SMILES string of the molecule is CCCC(CC)n1c(CCl)nc2ccc(F)c(F)c21. The molecular formula is C14H17ClF2N2. The molecule has 1 unspecified atom stereocenters. The van der Waals surface area contributed by atoms with Gasteiger partial charge in [0.2, 0.25) is 0 Å². The average Bonchev–Trinajstić information content (AvgIpc) is 2.79. The summed E-state index contributed by atoms with van der Waals surface area (Å²) in [6.45, 7) is 4.10. The molecule has 0 radical (unpaired) electrons. The van der Waals surface area contributed by atoms with Crippen molar-refractivity contribution >= 4 is 22.6 Å². The normalized spacial score (nSPS) is 13.1. The van der Waals surface area contributed by atoms with Gasteiger partial charge in [-0.1, -0.05) is 20.3 Å². The predicted octanol–water partition coefficient (Wildman–Crippen LogP) is 4.80. The first kappa shape index (κ1) is 14.3. The lowest BCUT2D eigenvalue weighted by Gasteiger charge is -2.19. The minimum Gasteiger partial charge on any atom is -0.321 e. The van der Waals surface area contributed by atoms with E-state index in [1.165, 1.54) is 6.07 Å². The summed E-state index contributed by atoms with van der Waals surface area (Å²) in [6, 6.07) is 2.70. The number of hydrogen-bond acceptors (Lipinski definition) is 1. The van der Waals surface area contributed by atoms with Crippen molar-refractivity contribution in [2.24, 2.45) is 0 Å². The van der Waals surface area contributed by atoms with Crippen LogP contribution in [0, 0.1) is 11.6 Å². The Morgan fingerprint density at radius 3 is 2.63 bits per heavy atom. The second-order valence-corrected chi connectivity index (χ2v) is 4.88. The van der Waals surface area contributed by atoms with Gasteiger partial charge < -0.3 is 4.57 Å². The van der Waals surface area contributed by atoms with E-state index in [0.29, 0.717) is 11.3 Å². The molecule has 104 valence electrons. The zero-order valence-electron chi connectivity index (χ0n) is 11.1. The van der Waals surface area contributed by atoms with Crippen LogP contribution in [0.2, 0.25) is 0 Å². The van der Waals surface area contributed by atoms with E-state index in [2.05, 4.69) is 11.9 Å². The van der Waals surface area contributed by atoms with Gasteiger partial charge >= 0.3 is 0 Å². The molecule has 0 aliphatic heterocycles. The van der Waals surface area contributed by atoms with Crippen LogP contribution in [-0.2, 0) is 5.88 Å². The fourth-order valence-electron chi connectivity index (χ4n) is 2.51. The highest BCUT2D eigenvalue weighted by molar-refractivity contribution is 6.16. The summed E-state index contributed by atoms with van der Waals surface area (Å²) in [4.78, 5) is 4.31. The van der Waals surface area contributed by atoms with Crippen LogP contribution in [0.3, 0.4) is 0 Å². The number of aromatic nitrogens is 2. The maximum absolute atomic E-state index is 14.1. The first-order chi connectivity index (χ1) is 9.13. The Balaban J connectivity index is 2.71. The molecule has 0 saturated carbocycles. The summed E-state index contributed by atoms with van der Waals surface area (Å²) in [7, 11) is 0. The third kappa shape index (κ3) is 2.46. The van der Waals surface area contributed by atoms with Gasteiger partial charge in [-0.3, -0.25) is 0 Å². The summed E-state index contributed by atoms with van der Waals surface area (Å²) < 4.78 is 29.3. The fraction of sp³-hybridized carbons (Fsp3) is 0.500. The molecule has 19 heavy (non-hydrogen) atoms. The van der Waals surface area contributed by atoms with Crippen molar-refractivity contribution in [3.05, 3.63) is 29.6 Å². The molecule has 0 fully saturated rings. The number of rotatable bonds is 5. The summed E-state index contributed by atoms with van der Waals surface area (Å²) in [5.41, 5.74) is 0.694. The predicted molar refractivity (Wildman–Crippen MR) is 73.4 cm³/mol. The molecule has 2 aromatic rings. The van der Waals surface area contributed by atoms with E-state index in [0.717, 1.165) is 25.3 Å². The molecule has 0 bridgehead atoms. The first-order valence-electron chi connectivity index (χ1n) is 6.54. The molecule has 2 rings (SSSR count). The maximum Gasteiger partial charge on any atom is 0.184 e. The largest absolute Gasteiger partial charge is 0.321 e. The van der Waals surface area contributed by atoms with Crippen molar-refractivity contribution in [1.29, 1.82) is 0 Å². The molecule has 0 spiro atoms. The molecule has 1 heterocycles. The van der Waals surface area contributed by atoms with Gasteiger partial charge in [0.1, 0.15) is 11.3 Å². The molecule has 1 atom stereocenters. The van der Waals surface area contributed by atoms with Crippen LogP contribution in [0.4, 0.5) is 8.78 Å². The van der Waals surface area contributed by atoms with Gasteiger partial charge in [-0.25, -0.2) is 13.8 Å². The van der Waals surface area contributed by atoms with Crippen LogP contribution in [0.25, 0.3) is 11.0 Å². The van der Waals surface area contributed by atoms with E-state index in [9.17, 15) is 8.78 Å². The van der Waals surface area contributed by atoms with Crippen LogP contribution < -0.4 is 0 Å². The van der Waals surface area contributed by atoms with Crippen LogP contribution in [0.15, 0.2) is 12.1 Å². The number of imidazole rings is 1. The highest BCUT2D eigenvalue weighted by Gasteiger charge is 2.21. The number of halogens is 3. The van der Waals surface area contributed by atoms with Gasteiger partial charge in [0.05, 0.1) is 11.4 Å². The Kier molecular flexibility index (Phi) is 4.40. The van der Waals surface area contributed by atoms with Gasteiger partial charge in [-0.05, 0) is 25.0 Å². The number of nitrogens with zero attached hydrogens (tertiary/aromatic N) is 2. The Morgan fingerprint density at radius 2 is 2.05 bits per heavy atom. The number of alkyl halides is 1. The average molecular weight is 287 g/mol. The summed E-state index contributed by atoms with van der Waals surface area (Å²) in [5.74, 6) is -0.894. The van der Waals surface area contributed by atoms with Crippen LogP contribution >= 0.6 is 11.6 Å². The lowest BCUT2D eigenvalue weighted by Crippen LogP contribution is -2.12. The molecule has 5 heteroatoms. The Morgan fingerprint density at radius 1 is 1.32 bits per heavy atom. The van der Waals surface area contributed by atoms with Gasteiger partial charge in [0.15, 0.2) is 11.6 Å². The Hall–Kier alpha value is -1.16. The van der Waals surface area contributed by atoms with E-state index >= 15 is 0 Å². The van der Waals surface area contributed by atoms with E-state index in [4.69, 9.17) is 11.6 Å². The Bertz CT molecular complexity index is 580. The Labute approximate surface area is 116 Å². The van der Waals surface area contributed by atoms with Crippen molar-refractivity contribution in [3.63, 3.8) is 0 Å². The van der Waals surface area contributed by atoms with Crippen molar-refractivity contribution < 1.29 is 8.78 Å². The topological polar surface area (TPSA) is 17.8 Å². The highest BCUT2D eigenvalue weighted by Crippen LogP contribution is 2.29. The second kappa shape index (κ2) is 5.87. The summed E-state index contributed by atoms with van der Waals surface area (Å²) in [5, 5.41) is 0. The maximum atomic E-state index is 14.1. The third-order valence-electron chi connectivity index (χ3n) is 3.39. The first-order valence-corrected chi connectivity index (χ1v) is 7.08. The van der Waals surface area contributed by atoms with E-state index in [1.807, 2.05) is 6.92 Å². The lowest BCUT2D eigenvalue weighted by molar-refractivity contribution is 0.439. The van der Waals surface area contributed by atoms with E-state index < -0.39 is 11.6 Å². The molecule has 0 N–H and O–H groups in total. The molecule has 1 aromatic carbocycles. The molecule has 0 amide bonds. The minimum absolute atomic E-state index is 0.0973. The molecule has 0 aliphatic carbocycles. The molecule has 0 saturated heterocycles. The highest BCUT2D eigenvalue weighted by atomic mass is 35.5. The molecular weight excluding hydrogens is 270 g/mol. The third-order valence-corrected chi connectivity index (χ3v) is 3.63. The van der Waals surface area contributed by atoms with Crippen LogP contribution in [-0.4, -0.2) is 9.55 Å².